The van der Waals surface area contributed by atoms with Crippen LogP contribution in [0.3, 0.4) is 0 Å². The molecular formula is C20H38O3Si3. The van der Waals surface area contributed by atoms with E-state index in [2.05, 4.69) is 57.6 Å². The molecule has 0 radical (unpaired) electrons. The highest BCUT2D eigenvalue weighted by Crippen LogP contribution is 2.43. The fraction of sp³-hybridized carbons (Fsp3) is 0.600. The van der Waals surface area contributed by atoms with Gasteiger partial charge in [-0.1, -0.05) is 60.4 Å². The minimum absolute atomic E-state index is 0.832. The van der Waals surface area contributed by atoms with Crippen LogP contribution in [0.15, 0.2) is 47.4 Å². The highest BCUT2D eigenvalue weighted by atomic mass is 28.4. The predicted octanol–water partition coefficient (Wildman–Crippen LogP) is 5.75. The van der Waals surface area contributed by atoms with E-state index in [-0.39, 0.29) is 0 Å². The van der Waals surface area contributed by atoms with Gasteiger partial charge in [0.15, 0.2) is 0 Å². The third-order valence-corrected chi connectivity index (χ3v) is 15.0. The van der Waals surface area contributed by atoms with Crippen molar-refractivity contribution in [2.24, 2.45) is 0 Å². The number of rotatable bonds is 12. The second-order valence-corrected chi connectivity index (χ2v) is 20.8. The molecule has 0 N–H and O–H groups in total. The molecule has 0 heterocycles. The van der Waals surface area contributed by atoms with Crippen molar-refractivity contribution < 1.29 is 13.3 Å². The van der Waals surface area contributed by atoms with E-state index in [0.29, 0.717) is 0 Å². The third kappa shape index (κ3) is 5.27. The Labute approximate surface area is 164 Å². The maximum atomic E-state index is 5.64. The molecule has 0 bridgehead atoms. The van der Waals surface area contributed by atoms with Gasteiger partial charge in [-0.3, -0.25) is 0 Å². The van der Waals surface area contributed by atoms with Crippen LogP contribution in [0.1, 0.15) is 12.8 Å². The summed E-state index contributed by atoms with van der Waals surface area (Å²) in [6.07, 6.45) is 8.77. The zero-order chi connectivity index (χ0) is 20.0. The van der Waals surface area contributed by atoms with E-state index in [0.717, 1.165) is 31.0 Å². The topological polar surface area (TPSA) is 27.7 Å². The standard InChI is InChI=1S/C20H38O3Si3/c1-10-15-24(6,7)19-13-12-18(20(19)25(8,9)16-11-2)14-17-26(21-3,22-4)23-5/h10-11,13H,1-2,12,14-17H2,3-9H3. The predicted molar refractivity (Wildman–Crippen MR) is 121 cm³/mol. The zero-order valence-corrected chi connectivity index (χ0v) is 20.9. The van der Waals surface area contributed by atoms with Crippen LogP contribution in [0.4, 0.5) is 0 Å². The van der Waals surface area contributed by atoms with Crippen molar-refractivity contribution in [2.75, 3.05) is 21.3 Å². The van der Waals surface area contributed by atoms with Crippen LogP contribution < -0.4 is 0 Å². The Morgan fingerprint density at radius 3 is 1.88 bits per heavy atom. The Bertz CT molecular complexity index is 565. The minimum Gasteiger partial charge on any atom is -0.377 e. The lowest BCUT2D eigenvalue weighted by Crippen LogP contribution is -2.43. The van der Waals surface area contributed by atoms with Crippen molar-refractivity contribution in [3.05, 3.63) is 47.4 Å². The maximum absolute atomic E-state index is 5.64. The molecule has 0 aromatic heterocycles. The molecule has 0 aromatic rings. The summed E-state index contributed by atoms with van der Waals surface area (Å²) >= 11 is 0. The van der Waals surface area contributed by atoms with Crippen LogP contribution in [0.5, 0.6) is 0 Å². The average Bonchev–Trinajstić information content (AvgIpc) is 3.02. The largest absolute Gasteiger partial charge is 0.500 e. The number of allylic oxidation sites excluding steroid dienone is 6. The van der Waals surface area contributed by atoms with Gasteiger partial charge in [-0.15, -0.1) is 13.2 Å². The molecule has 0 atom stereocenters. The van der Waals surface area contributed by atoms with Crippen LogP contribution in [-0.2, 0) is 13.3 Å². The molecule has 1 aliphatic rings. The van der Waals surface area contributed by atoms with Crippen molar-refractivity contribution in [2.45, 2.75) is 57.2 Å². The molecule has 0 fully saturated rings. The van der Waals surface area contributed by atoms with Gasteiger partial charge in [0.2, 0.25) is 0 Å². The van der Waals surface area contributed by atoms with Gasteiger partial charge in [0, 0.05) is 27.4 Å². The summed E-state index contributed by atoms with van der Waals surface area (Å²) in [5.74, 6) is 0. The normalized spacial score (nSPS) is 16.0. The van der Waals surface area contributed by atoms with Crippen LogP contribution in [-0.4, -0.2) is 46.3 Å². The lowest BCUT2D eigenvalue weighted by Gasteiger charge is -2.34. The highest BCUT2D eigenvalue weighted by Gasteiger charge is 2.41. The summed E-state index contributed by atoms with van der Waals surface area (Å²) in [7, 11) is -0.535. The molecule has 0 spiro atoms. The Hall–Kier alpha value is -0.509. The first kappa shape index (κ1) is 23.5. The number of hydrogen-bond donors (Lipinski definition) is 0. The van der Waals surface area contributed by atoms with Gasteiger partial charge in [-0.25, -0.2) is 0 Å². The van der Waals surface area contributed by atoms with Crippen molar-refractivity contribution in [1.29, 1.82) is 0 Å². The lowest BCUT2D eigenvalue weighted by molar-refractivity contribution is 0.123. The van der Waals surface area contributed by atoms with Crippen molar-refractivity contribution >= 4 is 25.0 Å². The Morgan fingerprint density at radius 2 is 1.42 bits per heavy atom. The van der Waals surface area contributed by atoms with E-state index >= 15 is 0 Å². The van der Waals surface area contributed by atoms with E-state index in [9.17, 15) is 0 Å². The maximum Gasteiger partial charge on any atom is 0.500 e. The summed E-state index contributed by atoms with van der Waals surface area (Å²) in [5.41, 5.74) is 1.58. The lowest BCUT2D eigenvalue weighted by atomic mass is 10.2. The van der Waals surface area contributed by atoms with Crippen molar-refractivity contribution in [3.8, 4) is 0 Å². The van der Waals surface area contributed by atoms with Crippen LogP contribution >= 0.6 is 0 Å². The molecule has 0 amide bonds. The fourth-order valence-corrected chi connectivity index (χ4v) is 13.2. The molecule has 0 saturated heterocycles. The van der Waals surface area contributed by atoms with E-state index in [4.69, 9.17) is 13.3 Å². The average molecular weight is 411 g/mol. The molecule has 0 unspecified atom stereocenters. The smallest absolute Gasteiger partial charge is 0.377 e. The summed E-state index contributed by atoms with van der Waals surface area (Å²) in [5, 5.41) is 3.34. The molecule has 1 rings (SSSR count). The summed E-state index contributed by atoms with van der Waals surface area (Å²) in [6, 6.07) is 3.07. The Balaban J connectivity index is 3.26. The summed E-state index contributed by atoms with van der Waals surface area (Å²) in [4.78, 5) is 0. The molecular weight excluding hydrogens is 372 g/mol. The minimum atomic E-state index is -2.54. The van der Waals surface area contributed by atoms with E-state index in [1.54, 1.807) is 37.3 Å². The molecule has 1 aliphatic carbocycles. The summed E-state index contributed by atoms with van der Waals surface area (Å²) in [6.45, 7) is 17.9. The second-order valence-electron chi connectivity index (χ2n) is 8.35. The van der Waals surface area contributed by atoms with Crippen LogP contribution in [0, 0.1) is 0 Å². The van der Waals surface area contributed by atoms with E-state index in [1.807, 2.05) is 0 Å². The first-order valence-corrected chi connectivity index (χ1v) is 17.8. The molecule has 0 aliphatic heterocycles. The first-order chi connectivity index (χ1) is 12.1. The first-order valence-electron chi connectivity index (χ1n) is 9.43. The molecule has 26 heavy (non-hydrogen) atoms. The monoisotopic (exact) mass is 410 g/mol. The fourth-order valence-electron chi connectivity index (χ4n) is 4.10. The highest BCUT2D eigenvalue weighted by molar-refractivity contribution is 6.93. The number of hydrogen-bond acceptors (Lipinski definition) is 3. The second kappa shape index (κ2) is 9.61. The van der Waals surface area contributed by atoms with Gasteiger partial charge in [-0.2, -0.15) is 0 Å². The molecule has 148 valence electrons. The third-order valence-electron chi connectivity index (χ3n) is 5.56. The van der Waals surface area contributed by atoms with Crippen molar-refractivity contribution in [1.82, 2.24) is 0 Å². The van der Waals surface area contributed by atoms with Gasteiger partial charge in [-0.05, 0) is 24.9 Å². The Morgan fingerprint density at radius 1 is 0.923 bits per heavy atom. The van der Waals surface area contributed by atoms with Gasteiger partial charge in [0.25, 0.3) is 0 Å². The van der Waals surface area contributed by atoms with E-state index in [1.165, 1.54) is 0 Å². The molecule has 6 heteroatoms. The van der Waals surface area contributed by atoms with E-state index < -0.39 is 25.0 Å². The van der Waals surface area contributed by atoms with Crippen LogP contribution in [0.2, 0.25) is 44.3 Å². The summed E-state index contributed by atoms with van der Waals surface area (Å²) < 4.78 is 16.9. The molecule has 0 aromatic carbocycles. The van der Waals surface area contributed by atoms with Gasteiger partial charge < -0.3 is 13.3 Å². The quantitative estimate of drug-likeness (QED) is 0.303. The van der Waals surface area contributed by atoms with Crippen molar-refractivity contribution in [3.63, 3.8) is 0 Å². The Kier molecular flexibility index (Phi) is 8.70. The molecule has 3 nitrogen and oxygen atoms in total. The zero-order valence-electron chi connectivity index (χ0n) is 17.9. The van der Waals surface area contributed by atoms with Gasteiger partial charge in [0.1, 0.15) is 0 Å². The SMILES string of the molecule is C=CC[Si](C)(C)C1=CCC(CC[Si](OC)(OC)OC)=C1[Si](C)(C)CC=C. The molecule has 0 saturated carbocycles. The van der Waals surface area contributed by atoms with Gasteiger partial charge in [0.05, 0.1) is 16.1 Å². The van der Waals surface area contributed by atoms with Gasteiger partial charge >= 0.3 is 8.80 Å². The van der Waals surface area contributed by atoms with Crippen LogP contribution in [0.25, 0.3) is 0 Å².